The molecule has 4 heteroatoms. The van der Waals surface area contributed by atoms with Crippen molar-refractivity contribution in [2.75, 3.05) is 40.8 Å². The molecule has 0 radical (unpaired) electrons. The fourth-order valence-electron chi connectivity index (χ4n) is 2.28. The zero-order valence-electron chi connectivity index (χ0n) is 13.2. The maximum atomic E-state index is 12.3. The summed E-state index contributed by atoms with van der Waals surface area (Å²) in [5.74, 6) is 0.926. The van der Waals surface area contributed by atoms with E-state index in [1.54, 1.807) is 7.11 Å². The van der Waals surface area contributed by atoms with E-state index in [2.05, 4.69) is 37.7 Å². The number of benzene rings is 1. The van der Waals surface area contributed by atoms with E-state index in [1.165, 1.54) is 0 Å². The number of nitrogens with zero attached hydrogens (tertiary/aromatic N) is 2. The van der Waals surface area contributed by atoms with E-state index < -0.39 is 0 Å². The van der Waals surface area contributed by atoms with Gasteiger partial charge < -0.3 is 9.64 Å². The number of carbonyl (C=O) groups excluding carboxylic acids is 1. The molecule has 4 nitrogen and oxygen atoms in total. The van der Waals surface area contributed by atoms with Crippen LogP contribution in [-0.4, -0.2) is 62.5 Å². The smallest absolute Gasteiger partial charge is 0.176 e. The molecule has 0 aliphatic carbocycles. The second-order valence-corrected chi connectivity index (χ2v) is 5.33. The molecule has 0 N–H and O–H groups in total. The zero-order valence-corrected chi connectivity index (χ0v) is 13.2. The van der Waals surface area contributed by atoms with E-state index in [-0.39, 0.29) is 5.78 Å². The molecule has 0 aliphatic rings. The van der Waals surface area contributed by atoms with Crippen molar-refractivity contribution in [1.29, 1.82) is 0 Å². The van der Waals surface area contributed by atoms with Crippen LogP contribution >= 0.6 is 0 Å². The van der Waals surface area contributed by atoms with Crippen LogP contribution in [-0.2, 0) is 0 Å². The van der Waals surface area contributed by atoms with Gasteiger partial charge in [0.05, 0.1) is 13.7 Å². The van der Waals surface area contributed by atoms with Gasteiger partial charge in [0.1, 0.15) is 5.75 Å². The maximum Gasteiger partial charge on any atom is 0.176 e. The van der Waals surface area contributed by atoms with Crippen molar-refractivity contribution >= 4 is 5.78 Å². The Hall–Kier alpha value is -1.39. The van der Waals surface area contributed by atoms with Crippen LogP contribution in [0, 0.1) is 0 Å². The molecule has 1 aromatic rings. The highest BCUT2D eigenvalue weighted by Gasteiger charge is 2.17. The Kier molecular flexibility index (Phi) is 6.68. The number of likely N-dealkylation sites (N-methyl/N-ethyl adjacent to an activating group) is 2. The average molecular weight is 278 g/mol. The minimum Gasteiger partial charge on any atom is -0.497 e. The lowest BCUT2D eigenvalue weighted by Crippen LogP contribution is -2.42. The Labute approximate surface area is 122 Å². The predicted octanol–water partition coefficient (Wildman–Crippen LogP) is 2.15. The minimum absolute atomic E-state index is 0.153. The first-order valence-electron chi connectivity index (χ1n) is 7.04. The van der Waals surface area contributed by atoms with Crippen molar-refractivity contribution in [2.24, 2.45) is 0 Å². The molecule has 0 bridgehead atoms. The highest BCUT2D eigenvalue weighted by atomic mass is 16.5. The SMILES string of the molecule is CCN(CC(=O)c1ccc(OC)cc1)C(C)CN(C)C. The van der Waals surface area contributed by atoms with Crippen molar-refractivity contribution in [3.8, 4) is 5.75 Å². The van der Waals surface area contributed by atoms with Crippen LogP contribution in [0.5, 0.6) is 5.75 Å². The fraction of sp³-hybridized carbons (Fsp3) is 0.562. The number of ketones is 1. The van der Waals surface area contributed by atoms with E-state index in [1.807, 2.05) is 24.3 Å². The van der Waals surface area contributed by atoms with Crippen molar-refractivity contribution in [3.63, 3.8) is 0 Å². The summed E-state index contributed by atoms with van der Waals surface area (Å²) in [7, 11) is 5.73. The number of rotatable bonds is 8. The van der Waals surface area contributed by atoms with Crippen LogP contribution in [0.15, 0.2) is 24.3 Å². The summed E-state index contributed by atoms with van der Waals surface area (Å²) in [4.78, 5) is 16.7. The van der Waals surface area contributed by atoms with Crippen LogP contribution in [0.4, 0.5) is 0 Å². The molecule has 0 aliphatic heterocycles. The largest absolute Gasteiger partial charge is 0.497 e. The molecule has 0 fully saturated rings. The molecular weight excluding hydrogens is 252 g/mol. The van der Waals surface area contributed by atoms with Crippen molar-refractivity contribution in [1.82, 2.24) is 9.80 Å². The molecular formula is C16H26N2O2. The number of hydrogen-bond acceptors (Lipinski definition) is 4. The summed E-state index contributed by atoms with van der Waals surface area (Å²) in [6.07, 6.45) is 0. The van der Waals surface area contributed by atoms with E-state index in [0.717, 1.165) is 24.4 Å². The standard InChI is InChI=1S/C16H26N2O2/c1-6-18(13(2)11-17(3)4)12-16(19)14-7-9-15(20-5)10-8-14/h7-10,13H,6,11-12H2,1-5H3. The molecule has 0 spiro atoms. The lowest BCUT2D eigenvalue weighted by atomic mass is 10.1. The van der Waals surface area contributed by atoms with E-state index >= 15 is 0 Å². The Bertz CT molecular complexity index is 415. The monoisotopic (exact) mass is 278 g/mol. The van der Waals surface area contributed by atoms with Crippen LogP contribution < -0.4 is 4.74 Å². The van der Waals surface area contributed by atoms with E-state index in [0.29, 0.717) is 12.6 Å². The summed E-state index contributed by atoms with van der Waals surface area (Å²) >= 11 is 0. The van der Waals surface area contributed by atoms with Gasteiger partial charge in [0.15, 0.2) is 5.78 Å². The number of carbonyl (C=O) groups is 1. The first kappa shape index (κ1) is 16.7. The van der Waals surface area contributed by atoms with Gasteiger partial charge in [-0.25, -0.2) is 0 Å². The van der Waals surface area contributed by atoms with Crippen molar-refractivity contribution < 1.29 is 9.53 Å². The molecule has 0 saturated heterocycles. The molecule has 1 aromatic carbocycles. The number of hydrogen-bond donors (Lipinski definition) is 0. The summed E-state index contributed by atoms with van der Waals surface area (Å²) in [6, 6.07) is 7.66. The van der Waals surface area contributed by atoms with Gasteiger partial charge >= 0.3 is 0 Å². The topological polar surface area (TPSA) is 32.8 Å². The number of Topliss-reactive ketones (excluding diaryl/α,β-unsaturated/α-hetero) is 1. The summed E-state index contributed by atoms with van der Waals surface area (Å²) in [6.45, 7) is 6.52. The van der Waals surface area contributed by atoms with Gasteiger partial charge in [-0.1, -0.05) is 6.92 Å². The van der Waals surface area contributed by atoms with E-state index in [4.69, 9.17) is 4.74 Å². The third-order valence-electron chi connectivity index (χ3n) is 3.42. The minimum atomic E-state index is 0.153. The molecule has 1 atom stereocenters. The molecule has 1 unspecified atom stereocenters. The lowest BCUT2D eigenvalue weighted by Gasteiger charge is -2.29. The third-order valence-corrected chi connectivity index (χ3v) is 3.42. The quantitative estimate of drug-likeness (QED) is 0.682. The van der Waals surface area contributed by atoms with Gasteiger partial charge in [-0.3, -0.25) is 9.69 Å². The molecule has 1 rings (SSSR count). The fourth-order valence-corrected chi connectivity index (χ4v) is 2.28. The number of ether oxygens (including phenoxy) is 1. The Morgan fingerprint density at radius 1 is 1.25 bits per heavy atom. The molecule has 0 saturated carbocycles. The Morgan fingerprint density at radius 2 is 1.85 bits per heavy atom. The highest BCUT2D eigenvalue weighted by Crippen LogP contribution is 2.12. The second-order valence-electron chi connectivity index (χ2n) is 5.33. The van der Waals surface area contributed by atoms with E-state index in [9.17, 15) is 4.79 Å². The first-order chi connectivity index (χ1) is 9.47. The second kappa shape index (κ2) is 8.02. The first-order valence-corrected chi connectivity index (χ1v) is 7.04. The molecule has 0 heterocycles. The predicted molar refractivity (Wildman–Crippen MR) is 82.6 cm³/mol. The van der Waals surface area contributed by atoms with Gasteiger partial charge in [0.25, 0.3) is 0 Å². The lowest BCUT2D eigenvalue weighted by molar-refractivity contribution is 0.0888. The highest BCUT2D eigenvalue weighted by molar-refractivity contribution is 5.97. The summed E-state index contributed by atoms with van der Waals surface area (Å²) < 4.78 is 5.11. The molecule has 0 amide bonds. The normalized spacial score (nSPS) is 12.8. The van der Waals surface area contributed by atoms with Crippen LogP contribution in [0.2, 0.25) is 0 Å². The Balaban J connectivity index is 2.66. The third kappa shape index (κ3) is 4.94. The van der Waals surface area contributed by atoms with Gasteiger partial charge in [-0.15, -0.1) is 0 Å². The van der Waals surface area contributed by atoms with Gasteiger partial charge in [-0.05, 0) is 51.8 Å². The van der Waals surface area contributed by atoms with Crippen molar-refractivity contribution in [3.05, 3.63) is 29.8 Å². The number of methoxy groups -OCH3 is 1. The van der Waals surface area contributed by atoms with Crippen molar-refractivity contribution in [2.45, 2.75) is 19.9 Å². The summed E-state index contributed by atoms with van der Waals surface area (Å²) in [5, 5.41) is 0. The maximum absolute atomic E-state index is 12.3. The van der Waals surface area contributed by atoms with Crippen LogP contribution in [0.25, 0.3) is 0 Å². The van der Waals surface area contributed by atoms with Gasteiger partial charge in [-0.2, -0.15) is 0 Å². The van der Waals surface area contributed by atoms with Crippen LogP contribution in [0.1, 0.15) is 24.2 Å². The van der Waals surface area contributed by atoms with Crippen LogP contribution in [0.3, 0.4) is 0 Å². The zero-order chi connectivity index (χ0) is 15.1. The molecule has 0 aromatic heterocycles. The van der Waals surface area contributed by atoms with Gasteiger partial charge in [0.2, 0.25) is 0 Å². The molecule has 112 valence electrons. The molecule has 20 heavy (non-hydrogen) atoms. The Morgan fingerprint density at radius 3 is 2.30 bits per heavy atom. The summed E-state index contributed by atoms with van der Waals surface area (Å²) in [5.41, 5.74) is 0.737. The average Bonchev–Trinajstić information content (AvgIpc) is 2.43. The van der Waals surface area contributed by atoms with Gasteiger partial charge in [0, 0.05) is 18.2 Å².